The van der Waals surface area contributed by atoms with Crippen molar-refractivity contribution in [3.8, 4) is 11.5 Å². The maximum atomic E-state index is 12.8. The molecular formula is C20H22N2O5. The average molecular weight is 370 g/mol. The minimum atomic E-state index is -0.284. The summed E-state index contributed by atoms with van der Waals surface area (Å²) in [5, 5.41) is 3.20. The topological polar surface area (TPSA) is 78.8 Å². The zero-order chi connectivity index (χ0) is 18.8. The van der Waals surface area contributed by atoms with Gasteiger partial charge in [-0.2, -0.15) is 0 Å². The first-order chi connectivity index (χ1) is 13.2. The first-order valence-electron chi connectivity index (χ1n) is 9.09. The second kappa shape index (κ2) is 7.44. The quantitative estimate of drug-likeness (QED) is 0.787. The molecule has 2 aliphatic rings. The van der Waals surface area contributed by atoms with Crippen molar-refractivity contribution in [3.63, 3.8) is 0 Å². The number of carbonyl (C=O) groups is 1. The summed E-state index contributed by atoms with van der Waals surface area (Å²) in [5.41, 5.74) is 2.16. The molecule has 1 atom stereocenters. The number of carbonyl (C=O) groups excluding carboxylic acids is 1. The van der Waals surface area contributed by atoms with Gasteiger partial charge in [0, 0.05) is 18.8 Å². The molecule has 1 saturated heterocycles. The van der Waals surface area contributed by atoms with Crippen molar-refractivity contribution < 1.29 is 19.0 Å². The molecule has 0 unspecified atom stereocenters. The van der Waals surface area contributed by atoms with Gasteiger partial charge in [0.05, 0.1) is 18.3 Å². The lowest BCUT2D eigenvalue weighted by atomic mass is 10.1. The van der Waals surface area contributed by atoms with Gasteiger partial charge in [-0.15, -0.1) is 0 Å². The second-order valence-electron chi connectivity index (χ2n) is 6.82. The zero-order valence-electron chi connectivity index (χ0n) is 15.2. The Bertz CT molecular complexity index is 915. The summed E-state index contributed by atoms with van der Waals surface area (Å²) in [4.78, 5) is 24.4. The fraction of sp³-hybridized carbons (Fsp3) is 0.400. The van der Waals surface area contributed by atoms with Gasteiger partial charge in [-0.25, -0.2) is 0 Å². The predicted molar refractivity (Wildman–Crippen MR) is 99.7 cm³/mol. The van der Waals surface area contributed by atoms with E-state index in [1.807, 2.05) is 31.2 Å². The normalized spacial score (nSPS) is 17.9. The zero-order valence-corrected chi connectivity index (χ0v) is 15.2. The first kappa shape index (κ1) is 17.6. The van der Waals surface area contributed by atoms with Crippen molar-refractivity contribution in [2.24, 2.45) is 0 Å². The summed E-state index contributed by atoms with van der Waals surface area (Å²) >= 11 is 0. The molecule has 27 heavy (non-hydrogen) atoms. The SMILES string of the molecule is Cc1cc(NCc2ccc3c(c2)OCO3)c(C=O)c(=O)n1C[C@H]1CCCO1. The van der Waals surface area contributed by atoms with E-state index in [0.717, 1.165) is 36.5 Å². The predicted octanol–water partition coefficient (Wildman–Crippen LogP) is 2.49. The summed E-state index contributed by atoms with van der Waals surface area (Å²) in [6.45, 7) is 3.77. The number of hydrogen-bond donors (Lipinski definition) is 1. The van der Waals surface area contributed by atoms with E-state index in [0.29, 0.717) is 30.8 Å². The maximum absolute atomic E-state index is 12.8. The van der Waals surface area contributed by atoms with Crippen LogP contribution in [0, 0.1) is 6.92 Å². The molecule has 2 aromatic rings. The molecule has 0 bridgehead atoms. The third kappa shape index (κ3) is 3.55. The Kier molecular flexibility index (Phi) is 4.85. The molecule has 1 fully saturated rings. The number of nitrogens with one attached hydrogen (secondary N) is 1. The summed E-state index contributed by atoms with van der Waals surface area (Å²) in [5.74, 6) is 1.42. The van der Waals surface area contributed by atoms with E-state index >= 15 is 0 Å². The largest absolute Gasteiger partial charge is 0.454 e. The van der Waals surface area contributed by atoms with Gasteiger partial charge >= 0.3 is 0 Å². The number of nitrogens with zero attached hydrogens (tertiary/aromatic N) is 1. The molecule has 1 aromatic carbocycles. The Hall–Kier alpha value is -2.80. The molecule has 3 heterocycles. The number of aromatic nitrogens is 1. The number of fused-ring (bicyclic) bond motifs is 1. The number of pyridine rings is 1. The van der Waals surface area contributed by atoms with Crippen LogP contribution in [-0.2, 0) is 17.8 Å². The van der Waals surface area contributed by atoms with Crippen LogP contribution in [-0.4, -0.2) is 30.4 Å². The Morgan fingerprint density at radius 3 is 2.89 bits per heavy atom. The lowest BCUT2D eigenvalue weighted by molar-refractivity contribution is 0.0953. The highest BCUT2D eigenvalue weighted by atomic mass is 16.7. The number of aldehydes is 1. The van der Waals surface area contributed by atoms with E-state index in [1.54, 1.807) is 4.57 Å². The molecule has 0 spiro atoms. The van der Waals surface area contributed by atoms with Crippen LogP contribution in [0.1, 0.15) is 34.5 Å². The molecule has 0 saturated carbocycles. The molecule has 7 nitrogen and oxygen atoms in total. The summed E-state index contributed by atoms with van der Waals surface area (Å²) in [7, 11) is 0. The minimum absolute atomic E-state index is 0.0355. The Morgan fingerprint density at radius 2 is 2.11 bits per heavy atom. The number of rotatable bonds is 6. The van der Waals surface area contributed by atoms with E-state index < -0.39 is 0 Å². The Labute approximate surface area is 156 Å². The molecule has 0 radical (unpaired) electrons. The van der Waals surface area contributed by atoms with E-state index in [1.165, 1.54) is 0 Å². The van der Waals surface area contributed by atoms with Crippen molar-refractivity contribution in [1.82, 2.24) is 4.57 Å². The van der Waals surface area contributed by atoms with Gasteiger partial charge in [-0.05, 0) is 43.5 Å². The third-order valence-electron chi connectivity index (χ3n) is 4.99. The van der Waals surface area contributed by atoms with Crippen LogP contribution in [0.15, 0.2) is 29.1 Å². The van der Waals surface area contributed by atoms with E-state index in [-0.39, 0.29) is 24.0 Å². The Balaban J connectivity index is 1.55. The van der Waals surface area contributed by atoms with Crippen molar-refractivity contribution in [1.29, 1.82) is 0 Å². The summed E-state index contributed by atoms with van der Waals surface area (Å²) in [6.07, 6.45) is 2.60. The van der Waals surface area contributed by atoms with Gasteiger partial charge in [-0.3, -0.25) is 9.59 Å². The second-order valence-corrected chi connectivity index (χ2v) is 6.82. The highest BCUT2D eigenvalue weighted by molar-refractivity contribution is 5.83. The molecule has 7 heteroatoms. The van der Waals surface area contributed by atoms with Crippen LogP contribution in [0.3, 0.4) is 0 Å². The van der Waals surface area contributed by atoms with Gasteiger partial charge in [0.2, 0.25) is 6.79 Å². The number of hydrogen-bond acceptors (Lipinski definition) is 6. The highest BCUT2D eigenvalue weighted by Gasteiger charge is 2.20. The molecule has 2 aliphatic heterocycles. The number of anilines is 1. The smallest absolute Gasteiger partial charge is 0.263 e. The molecule has 0 aliphatic carbocycles. The fourth-order valence-electron chi connectivity index (χ4n) is 3.51. The highest BCUT2D eigenvalue weighted by Crippen LogP contribution is 2.32. The van der Waals surface area contributed by atoms with Gasteiger partial charge in [0.25, 0.3) is 5.56 Å². The van der Waals surface area contributed by atoms with Crippen LogP contribution >= 0.6 is 0 Å². The van der Waals surface area contributed by atoms with E-state index in [2.05, 4.69) is 5.32 Å². The number of benzene rings is 1. The molecule has 1 aromatic heterocycles. The first-order valence-corrected chi connectivity index (χ1v) is 9.09. The number of aryl methyl sites for hydroxylation is 1. The van der Waals surface area contributed by atoms with Crippen LogP contribution in [0.2, 0.25) is 0 Å². The van der Waals surface area contributed by atoms with Crippen LogP contribution < -0.4 is 20.3 Å². The average Bonchev–Trinajstić information content (AvgIpc) is 3.34. The van der Waals surface area contributed by atoms with Gasteiger partial charge in [0.15, 0.2) is 17.8 Å². The lowest BCUT2D eigenvalue weighted by Crippen LogP contribution is -2.31. The van der Waals surface area contributed by atoms with Gasteiger partial charge < -0.3 is 24.1 Å². The van der Waals surface area contributed by atoms with Crippen molar-refractivity contribution in [2.75, 3.05) is 18.7 Å². The standard InChI is InChI=1S/C20H22N2O5/c1-13-7-17(21-9-14-4-5-18-19(8-14)27-12-26-18)16(11-23)20(24)22(13)10-15-3-2-6-25-15/h4-5,7-8,11,15,21H,2-3,6,9-10,12H2,1H3/t15-/m1/s1. The summed E-state index contributed by atoms with van der Waals surface area (Å²) < 4.78 is 17.9. The monoisotopic (exact) mass is 370 g/mol. The third-order valence-corrected chi connectivity index (χ3v) is 4.99. The molecule has 1 N–H and O–H groups in total. The van der Waals surface area contributed by atoms with Crippen molar-refractivity contribution in [3.05, 3.63) is 51.4 Å². The van der Waals surface area contributed by atoms with Crippen molar-refractivity contribution in [2.45, 2.75) is 39.0 Å². The minimum Gasteiger partial charge on any atom is -0.454 e. The molecular weight excluding hydrogens is 348 g/mol. The molecule has 0 amide bonds. The maximum Gasteiger partial charge on any atom is 0.263 e. The van der Waals surface area contributed by atoms with Gasteiger partial charge in [0.1, 0.15) is 5.56 Å². The fourth-order valence-corrected chi connectivity index (χ4v) is 3.51. The van der Waals surface area contributed by atoms with Crippen LogP contribution in [0.4, 0.5) is 5.69 Å². The Morgan fingerprint density at radius 1 is 1.26 bits per heavy atom. The number of ether oxygens (including phenoxy) is 3. The molecule has 142 valence electrons. The van der Waals surface area contributed by atoms with Crippen LogP contribution in [0.5, 0.6) is 11.5 Å². The van der Waals surface area contributed by atoms with Gasteiger partial charge in [-0.1, -0.05) is 6.07 Å². The summed E-state index contributed by atoms with van der Waals surface area (Å²) in [6, 6.07) is 7.51. The van der Waals surface area contributed by atoms with Crippen LogP contribution in [0.25, 0.3) is 0 Å². The van der Waals surface area contributed by atoms with Crippen molar-refractivity contribution >= 4 is 12.0 Å². The van der Waals surface area contributed by atoms with E-state index in [4.69, 9.17) is 14.2 Å². The lowest BCUT2D eigenvalue weighted by Gasteiger charge is -2.18. The molecule has 4 rings (SSSR count). The van der Waals surface area contributed by atoms with E-state index in [9.17, 15) is 9.59 Å².